The first-order chi connectivity index (χ1) is 13.3. The summed E-state index contributed by atoms with van der Waals surface area (Å²) in [4.78, 5) is 15.8. The molecule has 0 bridgehead atoms. The Morgan fingerprint density at radius 2 is 1.86 bits per heavy atom. The van der Waals surface area contributed by atoms with E-state index in [2.05, 4.69) is 58.8 Å². The Bertz CT molecular complexity index is 836. The van der Waals surface area contributed by atoms with Crippen LogP contribution < -0.4 is 10.1 Å². The van der Waals surface area contributed by atoms with Gasteiger partial charge in [0.05, 0.1) is 18.7 Å². The Kier molecular flexibility index (Phi) is 6.89. The number of ether oxygens (including phenoxy) is 1. The topological polar surface area (TPSA) is 41.6 Å². The zero-order valence-electron chi connectivity index (χ0n) is 16.5. The maximum absolute atomic E-state index is 13.3. The molecule has 0 aliphatic carbocycles. The fourth-order valence-corrected chi connectivity index (χ4v) is 5.16. The van der Waals surface area contributed by atoms with Crippen LogP contribution in [0.5, 0.6) is 5.75 Å². The molecule has 1 aliphatic rings. The normalized spacial score (nSPS) is 16.0. The smallest absolute Gasteiger partial charge is 0.256 e. The fourth-order valence-electron chi connectivity index (χ4n) is 3.92. The molecule has 3 rings (SSSR count). The lowest BCUT2D eigenvalue weighted by molar-refractivity contribution is 0.0775. The number of benzene rings is 2. The first kappa shape index (κ1) is 21.4. The Balaban J connectivity index is 1.98. The van der Waals surface area contributed by atoms with Crippen molar-refractivity contribution in [2.24, 2.45) is 0 Å². The third kappa shape index (κ3) is 4.47. The molecule has 28 heavy (non-hydrogen) atoms. The largest absolute Gasteiger partial charge is 0.496 e. The first-order valence-electron chi connectivity index (χ1n) is 9.48. The summed E-state index contributed by atoms with van der Waals surface area (Å²) in [6, 6.07) is 13.5. The molecule has 0 saturated carbocycles. The number of amides is 1. The zero-order valence-corrected chi connectivity index (χ0v) is 19.4. The van der Waals surface area contributed by atoms with E-state index in [9.17, 15) is 4.79 Å². The van der Waals surface area contributed by atoms with Crippen LogP contribution >= 0.6 is 34.2 Å². The van der Waals surface area contributed by atoms with Crippen LogP contribution in [0.3, 0.4) is 0 Å². The molecule has 0 radical (unpaired) electrons. The number of hydrogen-bond donors (Lipinski definition) is 1. The van der Waals surface area contributed by atoms with Crippen molar-refractivity contribution in [1.29, 1.82) is 0 Å². The number of methoxy groups -OCH3 is 1. The lowest BCUT2D eigenvalue weighted by atomic mass is 9.86. The van der Waals surface area contributed by atoms with Crippen molar-refractivity contribution in [3.05, 3.63) is 62.2 Å². The highest BCUT2D eigenvalue weighted by molar-refractivity contribution is 14.1. The summed E-state index contributed by atoms with van der Waals surface area (Å²) in [5, 5.41) is 3.84. The van der Waals surface area contributed by atoms with Gasteiger partial charge in [-0.2, -0.15) is 0 Å². The Labute approximate surface area is 185 Å². The van der Waals surface area contributed by atoms with Gasteiger partial charge >= 0.3 is 0 Å². The van der Waals surface area contributed by atoms with E-state index in [4.69, 9.17) is 16.3 Å². The number of likely N-dealkylation sites (tertiary alicyclic amines) is 1. The molecule has 1 heterocycles. The van der Waals surface area contributed by atoms with Gasteiger partial charge in [-0.25, -0.2) is 0 Å². The molecule has 1 atom stereocenters. The molecule has 0 aromatic heterocycles. The summed E-state index contributed by atoms with van der Waals surface area (Å²) in [7, 11) is 1.56. The van der Waals surface area contributed by atoms with Crippen molar-refractivity contribution < 1.29 is 9.53 Å². The molecule has 2 aromatic carbocycles. The van der Waals surface area contributed by atoms with Crippen LogP contribution in [0.15, 0.2) is 42.5 Å². The van der Waals surface area contributed by atoms with E-state index in [-0.39, 0.29) is 17.5 Å². The second-order valence-electron chi connectivity index (χ2n) is 7.63. The maximum atomic E-state index is 13.3. The monoisotopic (exact) mass is 512 g/mol. The van der Waals surface area contributed by atoms with E-state index >= 15 is 0 Å². The molecule has 1 saturated heterocycles. The molecule has 1 N–H and O–H groups in total. The highest BCUT2D eigenvalue weighted by atomic mass is 127. The third-order valence-electron chi connectivity index (χ3n) is 5.50. The van der Waals surface area contributed by atoms with Gasteiger partial charge in [0.25, 0.3) is 5.91 Å². The van der Waals surface area contributed by atoms with Crippen LogP contribution in [-0.4, -0.2) is 36.5 Å². The zero-order chi connectivity index (χ0) is 20.3. The van der Waals surface area contributed by atoms with Crippen LogP contribution in [0.4, 0.5) is 0 Å². The van der Waals surface area contributed by atoms with Gasteiger partial charge in [0.1, 0.15) is 5.75 Å². The summed E-state index contributed by atoms with van der Waals surface area (Å²) < 4.78 is 6.21. The van der Waals surface area contributed by atoms with Gasteiger partial charge in [-0.3, -0.25) is 9.69 Å². The lowest BCUT2D eigenvalue weighted by Gasteiger charge is -2.42. The van der Waals surface area contributed by atoms with E-state index in [0.29, 0.717) is 16.3 Å². The summed E-state index contributed by atoms with van der Waals surface area (Å²) >= 11 is 8.28. The minimum absolute atomic E-state index is 0.154. The van der Waals surface area contributed by atoms with E-state index in [0.717, 1.165) is 22.2 Å². The third-order valence-corrected chi connectivity index (χ3v) is 6.57. The molecular formula is C22H26ClIN2O2. The van der Waals surface area contributed by atoms with Crippen molar-refractivity contribution in [3.8, 4) is 5.75 Å². The maximum Gasteiger partial charge on any atom is 0.256 e. The molecule has 6 heteroatoms. The lowest BCUT2D eigenvalue weighted by Crippen LogP contribution is -2.52. The van der Waals surface area contributed by atoms with E-state index < -0.39 is 0 Å². The van der Waals surface area contributed by atoms with Crippen molar-refractivity contribution >= 4 is 40.1 Å². The van der Waals surface area contributed by atoms with Crippen LogP contribution in [0.25, 0.3) is 0 Å². The highest BCUT2D eigenvalue weighted by Crippen LogP contribution is 2.35. The minimum Gasteiger partial charge on any atom is -0.496 e. The predicted molar refractivity (Wildman–Crippen MR) is 122 cm³/mol. The summed E-state index contributed by atoms with van der Waals surface area (Å²) in [5.41, 5.74) is 1.39. The Morgan fingerprint density at radius 1 is 1.21 bits per heavy atom. The average Bonchev–Trinajstić information content (AvgIpc) is 3.21. The van der Waals surface area contributed by atoms with Gasteiger partial charge in [-0.05, 0) is 80.1 Å². The quantitative estimate of drug-likeness (QED) is 0.534. The number of carbonyl (C=O) groups excluding carboxylic acids is 1. The highest BCUT2D eigenvalue weighted by Gasteiger charge is 2.39. The predicted octanol–water partition coefficient (Wildman–Crippen LogP) is 5.30. The van der Waals surface area contributed by atoms with Gasteiger partial charge in [-0.1, -0.05) is 41.9 Å². The molecular weight excluding hydrogens is 487 g/mol. The molecule has 4 nitrogen and oxygen atoms in total. The molecule has 1 fully saturated rings. The molecule has 150 valence electrons. The summed E-state index contributed by atoms with van der Waals surface area (Å²) in [6.07, 6.45) is 2.39. The van der Waals surface area contributed by atoms with Gasteiger partial charge in [-0.15, -0.1) is 0 Å². The van der Waals surface area contributed by atoms with E-state index in [1.54, 1.807) is 19.2 Å². The SMILES string of the molecule is COc1cc(Cl)cc(I)c1C(=O)NC(c1ccccc1)C(C)(C)N1CCCC1. The van der Waals surface area contributed by atoms with E-state index in [1.807, 2.05) is 18.2 Å². The minimum atomic E-state index is -0.224. The average molecular weight is 513 g/mol. The summed E-state index contributed by atoms with van der Waals surface area (Å²) in [6.45, 7) is 6.52. The fraction of sp³-hybridized carbons (Fsp3) is 0.409. The number of halogens is 2. The summed E-state index contributed by atoms with van der Waals surface area (Å²) in [5.74, 6) is 0.333. The number of rotatable bonds is 6. The molecule has 1 aliphatic heterocycles. The van der Waals surface area contributed by atoms with Crippen LogP contribution in [0.2, 0.25) is 5.02 Å². The van der Waals surface area contributed by atoms with Gasteiger partial charge < -0.3 is 10.1 Å². The molecule has 0 spiro atoms. The van der Waals surface area contributed by atoms with Crippen LogP contribution in [0.1, 0.15) is 48.7 Å². The Hall–Kier alpha value is -1.31. The number of nitrogens with zero attached hydrogens (tertiary/aromatic N) is 1. The van der Waals surface area contributed by atoms with Crippen molar-refractivity contribution in [2.45, 2.75) is 38.3 Å². The van der Waals surface area contributed by atoms with Crippen LogP contribution in [-0.2, 0) is 0 Å². The Morgan fingerprint density at radius 3 is 2.46 bits per heavy atom. The number of carbonyl (C=O) groups is 1. The standard InChI is InChI=1S/C22H26ClIN2O2/c1-22(2,26-11-7-8-12-26)20(15-9-5-4-6-10-15)25-21(27)19-17(24)13-16(23)14-18(19)28-3/h4-6,9-10,13-14,20H,7-8,11-12H2,1-3H3,(H,25,27). The molecule has 1 amide bonds. The van der Waals surface area contributed by atoms with Crippen molar-refractivity contribution in [1.82, 2.24) is 10.2 Å². The molecule has 2 aromatic rings. The molecule has 1 unspecified atom stereocenters. The van der Waals surface area contributed by atoms with E-state index in [1.165, 1.54) is 12.8 Å². The van der Waals surface area contributed by atoms with Crippen molar-refractivity contribution in [3.63, 3.8) is 0 Å². The second-order valence-corrected chi connectivity index (χ2v) is 9.23. The number of nitrogens with one attached hydrogen (secondary N) is 1. The van der Waals surface area contributed by atoms with Gasteiger partial charge in [0, 0.05) is 14.1 Å². The van der Waals surface area contributed by atoms with Gasteiger partial charge in [0.15, 0.2) is 0 Å². The number of hydrogen-bond acceptors (Lipinski definition) is 3. The van der Waals surface area contributed by atoms with Gasteiger partial charge in [0.2, 0.25) is 0 Å². The second kappa shape index (κ2) is 9.01. The van der Waals surface area contributed by atoms with Crippen LogP contribution in [0, 0.1) is 3.57 Å². The van der Waals surface area contributed by atoms with Crippen molar-refractivity contribution in [2.75, 3.05) is 20.2 Å². The first-order valence-corrected chi connectivity index (χ1v) is 10.9.